The van der Waals surface area contributed by atoms with Crippen LogP contribution in [0.4, 0.5) is 0 Å². The number of guanidine groups is 2. The fourth-order valence-electron chi connectivity index (χ4n) is 1.47. The molecule has 0 heterocycles. The van der Waals surface area contributed by atoms with Gasteiger partial charge in [-0.2, -0.15) is 10.2 Å². The molecule has 0 radical (unpaired) electrons. The molecule has 0 aliphatic heterocycles. The van der Waals surface area contributed by atoms with E-state index in [4.69, 9.17) is 0 Å². The highest BCUT2D eigenvalue weighted by Gasteiger charge is 2.04. The predicted molar refractivity (Wildman–Crippen MR) is 91.2 cm³/mol. The summed E-state index contributed by atoms with van der Waals surface area (Å²) in [6, 6.07) is 0. The van der Waals surface area contributed by atoms with Gasteiger partial charge in [0.1, 0.15) is 0 Å². The molecule has 0 aliphatic carbocycles. The molecule has 0 aliphatic rings. The van der Waals surface area contributed by atoms with Crippen molar-refractivity contribution in [3.63, 3.8) is 0 Å². The lowest BCUT2D eigenvalue weighted by Gasteiger charge is -2.21. The van der Waals surface area contributed by atoms with Crippen molar-refractivity contribution in [2.45, 2.75) is 6.92 Å². The number of hydrogen-bond acceptors (Lipinski definition) is 4. The molecule has 0 amide bonds. The molecular formula is C13H28N8. The lowest BCUT2D eigenvalue weighted by Crippen LogP contribution is -2.35. The lowest BCUT2D eigenvalue weighted by atomic mass is 10.5. The van der Waals surface area contributed by atoms with Gasteiger partial charge in [0.2, 0.25) is 11.9 Å². The molecule has 0 bridgehead atoms. The van der Waals surface area contributed by atoms with Crippen LogP contribution in [0.2, 0.25) is 0 Å². The minimum Gasteiger partial charge on any atom is -0.347 e. The summed E-state index contributed by atoms with van der Waals surface area (Å²) in [5, 5.41) is 16.5. The normalized spacial score (nSPS) is 11.2. The summed E-state index contributed by atoms with van der Waals surface area (Å²) in [5.41, 5.74) is 0.678. The summed E-state index contributed by atoms with van der Waals surface area (Å²) in [7, 11) is 15.3. The SMILES string of the molecule is CC(C=NN=C(N(C)C)N(C)C)=NN=C(N(C)C)N(C)C. The van der Waals surface area contributed by atoms with Crippen LogP contribution in [-0.2, 0) is 0 Å². The molecule has 0 spiro atoms. The molecule has 0 aromatic heterocycles. The van der Waals surface area contributed by atoms with E-state index in [-0.39, 0.29) is 0 Å². The molecule has 0 saturated carbocycles. The van der Waals surface area contributed by atoms with Crippen LogP contribution in [0, 0.1) is 0 Å². The first-order valence-corrected chi connectivity index (χ1v) is 6.59. The maximum Gasteiger partial charge on any atom is 0.220 e. The van der Waals surface area contributed by atoms with Crippen molar-refractivity contribution in [3.8, 4) is 0 Å². The molecule has 0 saturated heterocycles. The van der Waals surface area contributed by atoms with Gasteiger partial charge in [-0.25, -0.2) is 0 Å². The zero-order valence-electron chi connectivity index (χ0n) is 14.7. The highest BCUT2D eigenvalue weighted by Crippen LogP contribution is 1.92. The average molecular weight is 296 g/mol. The number of hydrogen-bond donors (Lipinski definition) is 0. The Morgan fingerprint density at radius 3 is 1.38 bits per heavy atom. The van der Waals surface area contributed by atoms with E-state index in [0.717, 1.165) is 11.9 Å². The summed E-state index contributed by atoms with van der Waals surface area (Å²) in [4.78, 5) is 7.56. The highest BCUT2D eigenvalue weighted by molar-refractivity contribution is 6.29. The Bertz CT molecular complexity index is 409. The molecule has 0 N–H and O–H groups in total. The molecule has 0 rings (SSSR count). The average Bonchev–Trinajstić information content (AvgIpc) is 2.32. The van der Waals surface area contributed by atoms with Crippen molar-refractivity contribution >= 4 is 23.8 Å². The second-order valence-corrected chi connectivity index (χ2v) is 5.36. The zero-order valence-corrected chi connectivity index (χ0v) is 14.7. The van der Waals surface area contributed by atoms with Gasteiger partial charge in [0.05, 0.1) is 11.9 Å². The van der Waals surface area contributed by atoms with Crippen LogP contribution in [0.3, 0.4) is 0 Å². The number of nitrogens with zero attached hydrogens (tertiary/aromatic N) is 8. The maximum absolute atomic E-state index is 4.19. The first-order valence-electron chi connectivity index (χ1n) is 6.59. The summed E-state index contributed by atoms with van der Waals surface area (Å²) >= 11 is 0. The van der Waals surface area contributed by atoms with E-state index in [9.17, 15) is 0 Å². The fourth-order valence-corrected chi connectivity index (χ4v) is 1.47. The van der Waals surface area contributed by atoms with Crippen LogP contribution in [0.15, 0.2) is 20.4 Å². The van der Waals surface area contributed by atoms with E-state index >= 15 is 0 Å². The third-order valence-electron chi connectivity index (χ3n) is 2.29. The van der Waals surface area contributed by atoms with Gasteiger partial charge in [0.15, 0.2) is 0 Å². The van der Waals surface area contributed by atoms with Crippen LogP contribution in [-0.4, -0.2) is 99.8 Å². The molecule has 21 heavy (non-hydrogen) atoms. The molecule has 0 aromatic rings. The van der Waals surface area contributed by atoms with Gasteiger partial charge in [0.25, 0.3) is 0 Å². The van der Waals surface area contributed by atoms with Gasteiger partial charge in [-0.05, 0) is 6.92 Å². The Morgan fingerprint density at radius 2 is 1.00 bits per heavy atom. The Morgan fingerprint density at radius 1 is 0.619 bits per heavy atom. The van der Waals surface area contributed by atoms with Crippen LogP contribution in [0.1, 0.15) is 6.92 Å². The van der Waals surface area contributed by atoms with Crippen LogP contribution in [0.5, 0.6) is 0 Å². The summed E-state index contributed by atoms with van der Waals surface area (Å²) in [6.07, 6.45) is 1.58. The Kier molecular flexibility index (Phi) is 8.03. The third-order valence-corrected chi connectivity index (χ3v) is 2.29. The third kappa shape index (κ3) is 7.28. The van der Waals surface area contributed by atoms with Crippen molar-refractivity contribution in [1.82, 2.24) is 19.6 Å². The van der Waals surface area contributed by atoms with E-state index in [2.05, 4.69) is 20.4 Å². The molecule has 8 heteroatoms. The fraction of sp³-hybridized carbons (Fsp3) is 0.692. The quantitative estimate of drug-likeness (QED) is 0.427. The number of rotatable bonds is 3. The van der Waals surface area contributed by atoms with Gasteiger partial charge < -0.3 is 19.6 Å². The second-order valence-electron chi connectivity index (χ2n) is 5.36. The van der Waals surface area contributed by atoms with Crippen molar-refractivity contribution in [3.05, 3.63) is 0 Å². The summed E-state index contributed by atoms with van der Waals surface area (Å²) < 4.78 is 0. The van der Waals surface area contributed by atoms with Crippen molar-refractivity contribution in [1.29, 1.82) is 0 Å². The van der Waals surface area contributed by atoms with Crippen LogP contribution < -0.4 is 0 Å². The largest absolute Gasteiger partial charge is 0.347 e. The topological polar surface area (TPSA) is 62.4 Å². The summed E-state index contributed by atoms with van der Waals surface area (Å²) in [5.74, 6) is 1.51. The van der Waals surface area contributed by atoms with Crippen molar-refractivity contribution < 1.29 is 0 Å². The molecule has 8 nitrogen and oxygen atoms in total. The van der Waals surface area contributed by atoms with Crippen LogP contribution >= 0.6 is 0 Å². The van der Waals surface area contributed by atoms with Crippen molar-refractivity contribution in [2.24, 2.45) is 20.4 Å². The van der Waals surface area contributed by atoms with Gasteiger partial charge in [-0.1, -0.05) is 0 Å². The zero-order chi connectivity index (χ0) is 16.6. The monoisotopic (exact) mass is 296 g/mol. The molecule has 0 fully saturated rings. The van der Waals surface area contributed by atoms with E-state index in [1.165, 1.54) is 0 Å². The predicted octanol–water partition coefficient (Wildman–Crippen LogP) is 0.307. The molecule has 0 aromatic carbocycles. The van der Waals surface area contributed by atoms with Crippen LogP contribution in [0.25, 0.3) is 0 Å². The Balaban J connectivity index is 5.00. The van der Waals surface area contributed by atoms with E-state index in [1.54, 1.807) is 6.21 Å². The second kappa shape index (κ2) is 8.93. The van der Waals surface area contributed by atoms with Gasteiger partial charge in [-0.15, -0.1) is 10.2 Å². The standard InChI is InChI=1S/C13H28N8/c1-11(15-17-13(20(6)7)21(8)9)10-14-16-12(18(2)3)19(4)5/h10H,1-9H3. The van der Waals surface area contributed by atoms with Crippen molar-refractivity contribution in [2.75, 3.05) is 56.4 Å². The lowest BCUT2D eigenvalue weighted by molar-refractivity contribution is 0.480. The van der Waals surface area contributed by atoms with Gasteiger partial charge in [-0.3, -0.25) is 0 Å². The minimum absolute atomic E-state index is 0.678. The molecule has 0 unspecified atom stereocenters. The first-order chi connectivity index (χ1) is 9.66. The first kappa shape index (κ1) is 18.9. The maximum atomic E-state index is 4.19. The Labute approximate surface area is 128 Å². The minimum atomic E-state index is 0.678. The molecule has 0 atom stereocenters. The van der Waals surface area contributed by atoms with Gasteiger partial charge in [0, 0.05) is 56.4 Å². The van der Waals surface area contributed by atoms with E-state index in [0.29, 0.717) is 5.71 Å². The van der Waals surface area contributed by atoms with Gasteiger partial charge >= 0.3 is 0 Å². The smallest absolute Gasteiger partial charge is 0.220 e. The highest BCUT2D eigenvalue weighted by atomic mass is 15.4. The Hall–Kier alpha value is -2.12. The van der Waals surface area contributed by atoms with E-state index < -0.39 is 0 Å². The summed E-state index contributed by atoms with van der Waals surface area (Å²) in [6.45, 7) is 1.83. The molecular weight excluding hydrogens is 268 g/mol. The van der Waals surface area contributed by atoms with E-state index in [1.807, 2.05) is 82.9 Å². The molecule has 120 valence electrons.